The van der Waals surface area contributed by atoms with Crippen molar-refractivity contribution in [3.8, 4) is 0 Å². The first-order valence-electron chi connectivity index (χ1n) is 8.44. The van der Waals surface area contributed by atoms with Crippen LogP contribution in [0.4, 0.5) is 0 Å². The maximum atomic E-state index is 13.2. The van der Waals surface area contributed by atoms with Gasteiger partial charge in [0.25, 0.3) is 0 Å². The van der Waals surface area contributed by atoms with Gasteiger partial charge in [-0.2, -0.15) is 0 Å². The molecule has 0 unspecified atom stereocenters. The fourth-order valence-electron chi connectivity index (χ4n) is 3.47. The van der Waals surface area contributed by atoms with Crippen molar-refractivity contribution in [2.45, 2.75) is 6.92 Å². The summed E-state index contributed by atoms with van der Waals surface area (Å²) in [7, 11) is 0. The highest BCUT2D eigenvalue weighted by atomic mass is 16.1. The molecule has 0 bridgehead atoms. The normalized spacial score (nSPS) is 14.4. The Morgan fingerprint density at radius 3 is 1.28 bits per heavy atom. The quantitative estimate of drug-likeness (QED) is 0.608. The van der Waals surface area contributed by atoms with E-state index in [9.17, 15) is 4.79 Å². The van der Waals surface area contributed by atoms with Crippen molar-refractivity contribution < 1.29 is 4.79 Å². The van der Waals surface area contributed by atoms with E-state index in [1.165, 1.54) is 0 Å². The fourth-order valence-corrected chi connectivity index (χ4v) is 3.47. The highest BCUT2D eigenvalue weighted by molar-refractivity contribution is 6.47. The molecule has 3 aromatic rings. The summed E-state index contributed by atoms with van der Waals surface area (Å²) in [6, 6.07) is 30.3. The monoisotopic (exact) mass is 322 g/mol. The number of carbonyl (C=O) groups excluding carboxylic acids is 1. The summed E-state index contributed by atoms with van der Waals surface area (Å²) in [5.41, 5.74) is 6.79. The fraction of sp³-hybridized carbons (Fsp3) is 0.0417. The van der Waals surface area contributed by atoms with Crippen molar-refractivity contribution >= 4 is 22.5 Å². The van der Waals surface area contributed by atoms with Gasteiger partial charge in [0.15, 0.2) is 5.78 Å². The van der Waals surface area contributed by atoms with Crippen LogP contribution in [0.2, 0.25) is 0 Å². The van der Waals surface area contributed by atoms with Gasteiger partial charge in [0.05, 0.1) is 0 Å². The molecule has 1 heteroatoms. The third kappa shape index (κ3) is 2.64. The van der Waals surface area contributed by atoms with Gasteiger partial charge in [-0.25, -0.2) is 0 Å². The molecule has 0 saturated heterocycles. The molecular weight excluding hydrogens is 304 g/mol. The van der Waals surface area contributed by atoms with Crippen molar-refractivity contribution in [1.29, 1.82) is 0 Å². The van der Waals surface area contributed by atoms with Crippen molar-refractivity contribution in [2.75, 3.05) is 0 Å². The van der Waals surface area contributed by atoms with Crippen molar-refractivity contribution in [3.63, 3.8) is 0 Å². The zero-order valence-electron chi connectivity index (χ0n) is 14.1. The molecular formula is C24H18O. The molecule has 0 radical (unpaired) electrons. The van der Waals surface area contributed by atoms with Crippen LogP contribution in [0.1, 0.15) is 23.6 Å². The number of Topliss-reactive ketones (excluding diaryl/α,β-unsaturated/α-hetero) is 1. The molecule has 0 amide bonds. The largest absolute Gasteiger partial charge is 0.289 e. The van der Waals surface area contributed by atoms with E-state index in [0.29, 0.717) is 0 Å². The van der Waals surface area contributed by atoms with E-state index in [-0.39, 0.29) is 5.78 Å². The highest BCUT2D eigenvalue weighted by Crippen LogP contribution is 2.46. The Hall–Kier alpha value is -3.19. The first kappa shape index (κ1) is 15.3. The summed E-state index contributed by atoms with van der Waals surface area (Å²) in [5, 5.41) is 0. The molecule has 120 valence electrons. The second-order valence-corrected chi connectivity index (χ2v) is 6.18. The summed E-state index contributed by atoms with van der Waals surface area (Å²) in [4.78, 5) is 13.2. The zero-order valence-corrected chi connectivity index (χ0v) is 14.1. The molecule has 1 aliphatic carbocycles. The summed E-state index contributed by atoms with van der Waals surface area (Å²) < 4.78 is 0. The topological polar surface area (TPSA) is 17.1 Å². The van der Waals surface area contributed by atoms with Crippen LogP contribution in [0, 0.1) is 0 Å². The van der Waals surface area contributed by atoms with Crippen LogP contribution in [-0.2, 0) is 4.79 Å². The number of hydrogen-bond donors (Lipinski definition) is 0. The van der Waals surface area contributed by atoms with Gasteiger partial charge in [-0.05, 0) is 29.2 Å². The lowest BCUT2D eigenvalue weighted by molar-refractivity contribution is -0.110. The number of allylic oxidation sites excluding steroid dienone is 4. The molecule has 0 aromatic heterocycles. The van der Waals surface area contributed by atoms with Crippen LogP contribution < -0.4 is 0 Å². The van der Waals surface area contributed by atoms with Crippen LogP contribution in [-0.4, -0.2) is 5.78 Å². The zero-order chi connectivity index (χ0) is 17.2. The smallest absolute Gasteiger partial charge is 0.190 e. The summed E-state index contributed by atoms with van der Waals surface area (Å²) in [6.07, 6.45) is 0. The first-order chi connectivity index (χ1) is 12.3. The van der Waals surface area contributed by atoms with E-state index in [2.05, 4.69) is 24.3 Å². The van der Waals surface area contributed by atoms with E-state index in [4.69, 9.17) is 0 Å². The van der Waals surface area contributed by atoms with E-state index in [0.717, 1.165) is 39.0 Å². The third-order valence-electron chi connectivity index (χ3n) is 4.63. The molecule has 0 atom stereocenters. The molecule has 0 spiro atoms. The van der Waals surface area contributed by atoms with Crippen LogP contribution in [0.25, 0.3) is 16.7 Å². The molecule has 0 heterocycles. The van der Waals surface area contributed by atoms with Gasteiger partial charge >= 0.3 is 0 Å². The standard InChI is InChI=1S/C24H18O/c1-17-21(18-11-5-2-6-12-18)22(19-13-7-3-8-14-19)23(24(17)25)20-15-9-4-10-16-20/h2-16H,1H3. The number of hydrogen-bond acceptors (Lipinski definition) is 1. The number of carbonyl (C=O) groups is 1. The minimum absolute atomic E-state index is 0.115. The van der Waals surface area contributed by atoms with Gasteiger partial charge in [-0.15, -0.1) is 0 Å². The minimum Gasteiger partial charge on any atom is -0.289 e. The molecule has 3 aromatic carbocycles. The first-order valence-corrected chi connectivity index (χ1v) is 8.44. The highest BCUT2D eigenvalue weighted by Gasteiger charge is 2.31. The molecule has 25 heavy (non-hydrogen) atoms. The maximum Gasteiger partial charge on any atom is 0.190 e. The van der Waals surface area contributed by atoms with Gasteiger partial charge in [0.1, 0.15) is 0 Å². The van der Waals surface area contributed by atoms with Crippen molar-refractivity contribution in [2.24, 2.45) is 0 Å². The Kier molecular flexibility index (Phi) is 3.91. The summed E-state index contributed by atoms with van der Waals surface area (Å²) in [6.45, 7) is 1.93. The van der Waals surface area contributed by atoms with Gasteiger partial charge in [-0.1, -0.05) is 91.0 Å². The Labute approximate surface area is 148 Å². The van der Waals surface area contributed by atoms with Crippen LogP contribution in [0.5, 0.6) is 0 Å². The molecule has 0 N–H and O–H groups in total. The van der Waals surface area contributed by atoms with Crippen molar-refractivity contribution in [3.05, 3.63) is 113 Å². The van der Waals surface area contributed by atoms with Crippen molar-refractivity contribution in [1.82, 2.24) is 0 Å². The lowest BCUT2D eigenvalue weighted by Crippen LogP contribution is -1.99. The summed E-state index contributed by atoms with van der Waals surface area (Å²) in [5.74, 6) is 0.115. The second kappa shape index (κ2) is 6.37. The molecule has 0 aliphatic heterocycles. The number of benzene rings is 3. The van der Waals surface area contributed by atoms with E-state index < -0.39 is 0 Å². The van der Waals surface area contributed by atoms with E-state index in [1.54, 1.807) is 0 Å². The SMILES string of the molecule is CC1=C(c2ccccc2)C(c2ccccc2)=C(c2ccccc2)C1=O. The Morgan fingerprint density at radius 2 is 0.840 bits per heavy atom. The average molecular weight is 322 g/mol. The van der Waals surface area contributed by atoms with Crippen LogP contribution >= 0.6 is 0 Å². The van der Waals surface area contributed by atoms with E-state index in [1.807, 2.05) is 73.7 Å². The van der Waals surface area contributed by atoms with Gasteiger partial charge in [-0.3, -0.25) is 4.79 Å². The predicted molar refractivity (Wildman–Crippen MR) is 104 cm³/mol. The van der Waals surface area contributed by atoms with Crippen LogP contribution in [0.3, 0.4) is 0 Å². The van der Waals surface area contributed by atoms with Gasteiger partial charge in [0, 0.05) is 16.7 Å². The van der Waals surface area contributed by atoms with Gasteiger partial charge in [0.2, 0.25) is 0 Å². The Bertz CT molecular complexity index is 978. The predicted octanol–water partition coefficient (Wildman–Crippen LogP) is 5.65. The Balaban J connectivity index is 2.03. The number of ketones is 1. The lowest BCUT2D eigenvalue weighted by atomic mass is 9.90. The lowest BCUT2D eigenvalue weighted by Gasteiger charge is -2.12. The molecule has 4 rings (SSSR count). The average Bonchev–Trinajstić information content (AvgIpc) is 2.95. The van der Waals surface area contributed by atoms with Crippen LogP contribution in [0.15, 0.2) is 96.6 Å². The third-order valence-corrected chi connectivity index (χ3v) is 4.63. The summed E-state index contributed by atoms with van der Waals surface area (Å²) >= 11 is 0. The molecule has 1 nitrogen and oxygen atoms in total. The second-order valence-electron chi connectivity index (χ2n) is 6.18. The molecule has 0 saturated carbocycles. The number of rotatable bonds is 3. The maximum absolute atomic E-state index is 13.2. The Morgan fingerprint density at radius 1 is 0.480 bits per heavy atom. The van der Waals surface area contributed by atoms with Gasteiger partial charge < -0.3 is 0 Å². The molecule has 0 fully saturated rings. The van der Waals surface area contributed by atoms with E-state index >= 15 is 0 Å². The minimum atomic E-state index is 0.115. The molecule has 1 aliphatic rings.